The Kier molecular flexibility index (Phi) is 6.49. The average Bonchev–Trinajstić information content (AvgIpc) is 3.07. The summed E-state index contributed by atoms with van der Waals surface area (Å²) < 4.78 is 13.3. The standard InChI is InChI=1S/C24H22ClFN4S/c1-16-21(22-14-18(25)2-7-23(22)28-16)10-13-30(15-17-8-11-27-12-9-17)24(31)29-20-5-3-19(26)4-6-20/h2-9,11-12,14,28H,10,13,15H2,1H3,(H,29,31). The molecule has 0 saturated carbocycles. The second-order valence-electron chi connectivity index (χ2n) is 7.38. The van der Waals surface area contributed by atoms with Gasteiger partial charge in [0.15, 0.2) is 5.11 Å². The van der Waals surface area contributed by atoms with Crippen LogP contribution < -0.4 is 5.32 Å². The first-order valence-corrected chi connectivity index (χ1v) is 10.8. The topological polar surface area (TPSA) is 44.0 Å². The van der Waals surface area contributed by atoms with Gasteiger partial charge in [0.2, 0.25) is 0 Å². The molecule has 0 unspecified atom stereocenters. The fraction of sp³-hybridized carbons (Fsp3) is 0.167. The summed E-state index contributed by atoms with van der Waals surface area (Å²) >= 11 is 11.9. The highest BCUT2D eigenvalue weighted by Gasteiger charge is 2.15. The summed E-state index contributed by atoms with van der Waals surface area (Å²) in [6.07, 6.45) is 4.34. The molecule has 0 amide bonds. The van der Waals surface area contributed by atoms with Gasteiger partial charge in [0, 0.05) is 52.8 Å². The van der Waals surface area contributed by atoms with Crippen molar-refractivity contribution >= 4 is 45.5 Å². The lowest BCUT2D eigenvalue weighted by Gasteiger charge is -2.26. The van der Waals surface area contributed by atoms with Gasteiger partial charge in [-0.1, -0.05) is 11.6 Å². The lowest BCUT2D eigenvalue weighted by atomic mass is 10.1. The molecule has 4 aromatic rings. The second kappa shape index (κ2) is 9.45. The Bertz CT molecular complexity index is 1190. The summed E-state index contributed by atoms with van der Waals surface area (Å²) in [6.45, 7) is 3.42. The maximum Gasteiger partial charge on any atom is 0.173 e. The smallest absolute Gasteiger partial charge is 0.173 e. The Hall–Kier alpha value is -2.96. The lowest BCUT2D eigenvalue weighted by Crippen LogP contribution is -2.36. The van der Waals surface area contributed by atoms with Crippen LogP contribution in [-0.4, -0.2) is 26.5 Å². The van der Waals surface area contributed by atoms with Crippen molar-refractivity contribution in [1.82, 2.24) is 14.9 Å². The molecular weight excluding hydrogens is 431 g/mol. The maximum absolute atomic E-state index is 13.3. The van der Waals surface area contributed by atoms with Crippen molar-refractivity contribution in [3.05, 3.63) is 94.7 Å². The zero-order valence-electron chi connectivity index (χ0n) is 17.0. The molecule has 0 fully saturated rings. The van der Waals surface area contributed by atoms with Gasteiger partial charge in [-0.15, -0.1) is 0 Å². The van der Waals surface area contributed by atoms with E-state index in [0.29, 0.717) is 18.2 Å². The number of halogens is 2. The minimum Gasteiger partial charge on any atom is -0.358 e. The molecule has 2 N–H and O–H groups in total. The van der Waals surface area contributed by atoms with E-state index < -0.39 is 0 Å². The molecule has 0 saturated heterocycles. The molecule has 0 aliphatic rings. The van der Waals surface area contributed by atoms with Crippen molar-refractivity contribution in [2.24, 2.45) is 0 Å². The van der Waals surface area contributed by atoms with Gasteiger partial charge in [-0.25, -0.2) is 4.39 Å². The van der Waals surface area contributed by atoms with Crippen LogP contribution in [0, 0.1) is 12.7 Å². The summed E-state index contributed by atoms with van der Waals surface area (Å²) in [7, 11) is 0. The molecule has 158 valence electrons. The number of benzene rings is 2. The first-order valence-electron chi connectivity index (χ1n) is 9.97. The molecule has 0 bridgehead atoms. The van der Waals surface area contributed by atoms with Crippen LogP contribution in [0.5, 0.6) is 0 Å². The maximum atomic E-state index is 13.3. The number of aromatic amines is 1. The Morgan fingerprint density at radius 1 is 1.13 bits per heavy atom. The average molecular weight is 453 g/mol. The van der Waals surface area contributed by atoms with Gasteiger partial charge >= 0.3 is 0 Å². The first kappa shape index (κ1) is 21.3. The van der Waals surface area contributed by atoms with Crippen LogP contribution in [0.25, 0.3) is 10.9 Å². The Morgan fingerprint density at radius 3 is 2.61 bits per heavy atom. The Labute approximate surface area is 191 Å². The van der Waals surface area contributed by atoms with Crippen LogP contribution >= 0.6 is 23.8 Å². The fourth-order valence-electron chi connectivity index (χ4n) is 3.62. The number of nitrogens with one attached hydrogen (secondary N) is 2. The zero-order chi connectivity index (χ0) is 21.8. The van der Waals surface area contributed by atoms with Gasteiger partial charge in [-0.3, -0.25) is 4.98 Å². The van der Waals surface area contributed by atoms with E-state index in [0.717, 1.165) is 39.3 Å². The Morgan fingerprint density at radius 2 is 1.87 bits per heavy atom. The van der Waals surface area contributed by atoms with Crippen molar-refractivity contribution in [2.75, 3.05) is 11.9 Å². The van der Waals surface area contributed by atoms with Gasteiger partial charge < -0.3 is 15.2 Å². The normalized spacial score (nSPS) is 10.9. The highest BCUT2D eigenvalue weighted by atomic mass is 35.5. The predicted molar refractivity (Wildman–Crippen MR) is 129 cm³/mol. The SMILES string of the molecule is Cc1[nH]c2ccc(Cl)cc2c1CCN(Cc1ccncc1)C(=S)Nc1ccc(F)cc1. The number of fused-ring (bicyclic) bond motifs is 1. The summed E-state index contributed by atoms with van der Waals surface area (Å²) in [5, 5.41) is 5.66. The number of aryl methyl sites for hydroxylation is 1. The number of aromatic nitrogens is 2. The quantitative estimate of drug-likeness (QED) is 0.346. The number of hydrogen-bond donors (Lipinski definition) is 2. The third kappa shape index (κ3) is 5.21. The Balaban J connectivity index is 1.55. The molecule has 0 atom stereocenters. The molecule has 2 heterocycles. The van der Waals surface area contributed by atoms with Crippen molar-refractivity contribution < 1.29 is 4.39 Å². The van der Waals surface area contributed by atoms with Crippen LogP contribution in [0.2, 0.25) is 5.02 Å². The largest absolute Gasteiger partial charge is 0.358 e. The van der Waals surface area contributed by atoms with Crippen LogP contribution in [0.3, 0.4) is 0 Å². The minimum atomic E-state index is -0.279. The summed E-state index contributed by atoms with van der Waals surface area (Å²) in [6, 6.07) is 16.0. The van der Waals surface area contributed by atoms with Crippen molar-refractivity contribution in [3.63, 3.8) is 0 Å². The number of pyridine rings is 1. The third-order valence-corrected chi connectivity index (χ3v) is 5.81. The second-order valence-corrected chi connectivity index (χ2v) is 8.21. The molecule has 2 aromatic carbocycles. The molecule has 0 aliphatic heterocycles. The van der Waals surface area contributed by atoms with Crippen LogP contribution in [0.1, 0.15) is 16.8 Å². The molecule has 0 aliphatic carbocycles. The van der Waals surface area contributed by atoms with Gasteiger partial charge in [0.1, 0.15) is 5.82 Å². The van der Waals surface area contributed by atoms with Crippen molar-refractivity contribution in [3.8, 4) is 0 Å². The summed E-state index contributed by atoms with van der Waals surface area (Å²) in [5.74, 6) is -0.279. The number of rotatable bonds is 6. The molecule has 7 heteroatoms. The third-order valence-electron chi connectivity index (χ3n) is 5.22. The first-order chi connectivity index (χ1) is 15.0. The lowest BCUT2D eigenvalue weighted by molar-refractivity contribution is 0.423. The van der Waals surface area contributed by atoms with Crippen molar-refractivity contribution in [1.29, 1.82) is 0 Å². The van der Waals surface area contributed by atoms with E-state index in [1.54, 1.807) is 24.5 Å². The minimum absolute atomic E-state index is 0.279. The number of thiocarbonyl (C=S) groups is 1. The van der Waals surface area contributed by atoms with Gasteiger partial charge in [0.25, 0.3) is 0 Å². The highest BCUT2D eigenvalue weighted by Crippen LogP contribution is 2.26. The molecule has 4 nitrogen and oxygen atoms in total. The van der Waals surface area contributed by atoms with Gasteiger partial charge in [0.05, 0.1) is 0 Å². The molecule has 0 radical (unpaired) electrons. The molecular formula is C24H22ClFN4S. The highest BCUT2D eigenvalue weighted by molar-refractivity contribution is 7.80. The molecule has 4 rings (SSSR count). The zero-order valence-corrected chi connectivity index (χ0v) is 18.6. The predicted octanol–water partition coefficient (Wildman–Crippen LogP) is 6.11. The number of nitrogens with zero attached hydrogens (tertiary/aromatic N) is 2. The number of H-pyrrole nitrogens is 1. The number of anilines is 1. The van der Waals surface area contributed by atoms with E-state index in [4.69, 9.17) is 23.8 Å². The van der Waals surface area contributed by atoms with E-state index in [1.807, 2.05) is 30.3 Å². The van der Waals surface area contributed by atoms with Gasteiger partial charge in [-0.2, -0.15) is 0 Å². The monoisotopic (exact) mass is 452 g/mol. The van der Waals surface area contributed by atoms with Crippen molar-refractivity contribution in [2.45, 2.75) is 19.9 Å². The van der Waals surface area contributed by atoms with Crippen LogP contribution in [0.15, 0.2) is 67.0 Å². The number of hydrogen-bond acceptors (Lipinski definition) is 2. The van der Waals surface area contributed by atoms with E-state index in [2.05, 4.69) is 27.1 Å². The van der Waals surface area contributed by atoms with Crippen LogP contribution in [-0.2, 0) is 13.0 Å². The fourth-order valence-corrected chi connectivity index (χ4v) is 4.07. The van der Waals surface area contributed by atoms with E-state index >= 15 is 0 Å². The van der Waals surface area contributed by atoms with Gasteiger partial charge in [-0.05, 0) is 91.3 Å². The van der Waals surface area contributed by atoms with Crippen LogP contribution in [0.4, 0.5) is 10.1 Å². The molecule has 31 heavy (non-hydrogen) atoms. The van der Waals surface area contributed by atoms with E-state index in [-0.39, 0.29) is 5.82 Å². The van der Waals surface area contributed by atoms with E-state index in [9.17, 15) is 4.39 Å². The van der Waals surface area contributed by atoms with E-state index in [1.165, 1.54) is 17.7 Å². The molecule has 2 aromatic heterocycles. The summed E-state index contributed by atoms with van der Waals surface area (Å²) in [4.78, 5) is 9.64. The molecule has 0 spiro atoms. The summed E-state index contributed by atoms with van der Waals surface area (Å²) in [5.41, 5.74) is 5.28.